The molecule has 1 aliphatic rings. The first-order chi connectivity index (χ1) is 12.9. The monoisotopic (exact) mass is 470 g/mol. The maximum absolute atomic E-state index is 12.2. The van der Waals surface area contributed by atoms with Crippen LogP contribution in [0.15, 0.2) is 21.3 Å². The fraction of sp³-hybridized carbons (Fsp3) is 0.412. The quantitative estimate of drug-likeness (QED) is 0.727. The van der Waals surface area contributed by atoms with Crippen molar-refractivity contribution in [2.24, 2.45) is 0 Å². The van der Waals surface area contributed by atoms with Crippen molar-refractivity contribution in [1.82, 2.24) is 20.1 Å². The number of aromatic nitrogens is 1. The number of amides is 3. The second kappa shape index (κ2) is 8.94. The third-order valence-corrected chi connectivity index (χ3v) is 6.92. The van der Waals surface area contributed by atoms with Crippen LogP contribution in [0.25, 0.3) is 9.88 Å². The molecule has 3 rings (SSSR count). The smallest absolute Gasteiger partial charge is 0.270 e. The molecule has 0 spiro atoms. The van der Waals surface area contributed by atoms with E-state index in [1.54, 1.807) is 26.5 Å². The van der Waals surface area contributed by atoms with Gasteiger partial charge in [0.15, 0.2) is 0 Å². The third-order valence-electron chi connectivity index (χ3n) is 4.22. The molecule has 144 valence electrons. The van der Waals surface area contributed by atoms with Crippen LogP contribution in [0.5, 0.6) is 0 Å². The second-order valence-electron chi connectivity index (χ2n) is 6.06. The topological polar surface area (TPSA) is 82.6 Å². The normalized spacial score (nSPS) is 14.3. The van der Waals surface area contributed by atoms with Gasteiger partial charge in [0.05, 0.1) is 4.88 Å². The van der Waals surface area contributed by atoms with Gasteiger partial charge in [-0.1, -0.05) is 0 Å². The highest BCUT2D eigenvalue weighted by atomic mass is 79.9. The van der Waals surface area contributed by atoms with Gasteiger partial charge in [0.1, 0.15) is 10.7 Å². The Kier molecular flexibility index (Phi) is 6.61. The van der Waals surface area contributed by atoms with Gasteiger partial charge in [-0.05, 0) is 22.0 Å². The molecule has 0 aliphatic carbocycles. The third kappa shape index (κ3) is 5.14. The fourth-order valence-corrected chi connectivity index (χ4v) is 5.03. The Morgan fingerprint density at radius 3 is 2.48 bits per heavy atom. The zero-order chi connectivity index (χ0) is 19.4. The van der Waals surface area contributed by atoms with Gasteiger partial charge in [0.2, 0.25) is 11.8 Å². The first-order valence-electron chi connectivity index (χ1n) is 8.45. The number of nitrogens with one attached hydrogen (secondary N) is 1. The van der Waals surface area contributed by atoms with Crippen LogP contribution >= 0.6 is 38.6 Å². The van der Waals surface area contributed by atoms with E-state index in [2.05, 4.69) is 26.2 Å². The molecule has 1 N–H and O–H groups in total. The average molecular weight is 471 g/mol. The van der Waals surface area contributed by atoms with Gasteiger partial charge < -0.3 is 15.1 Å². The molecule has 0 bridgehead atoms. The molecule has 1 fully saturated rings. The fourth-order valence-electron chi connectivity index (χ4n) is 2.72. The van der Waals surface area contributed by atoms with E-state index < -0.39 is 0 Å². The largest absolute Gasteiger partial charge is 0.350 e. The number of carbonyl (C=O) groups excluding carboxylic acids is 3. The zero-order valence-electron chi connectivity index (χ0n) is 14.7. The number of hydrogen-bond donors (Lipinski definition) is 1. The van der Waals surface area contributed by atoms with E-state index >= 15 is 0 Å². The van der Waals surface area contributed by atoms with Crippen LogP contribution in [0.1, 0.15) is 23.8 Å². The van der Waals surface area contributed by atoms with Crippen molar-refractivity contribution in [3.8, 4) is 9.88 Å². The highest BCUT2D eigenvalue weighted by Gasteiger charge is 2.22. The van der Waals surface area contributed by atoms with Gasteiger partial charge in [-0.3, -0.25) is 14.4 Å². The lowest BCUT2D eigenvalue weighted by Crippen LogP contribution is -2.50. The Bertz CT molecular complexity index is 843. The molecule has 3 heterocycles. The van der Waals surface area contributed by atoms with Crippen molar-refractivity contribution < 1.29 is 14.4 Å². The summed E-state index contributed by atoms with van der Waals surface area (Å²) >= 11 is 6.39. The summed E-state index contributed by atoms with van der Waals surface area (Å²) in [4.78, 5) is 44.6. The Morgan fingerprint density at radius 2 is 1.85 bits per heavy atom. The number of thiophene rings is 1. The minimum atomic E-state index is -0.276. The predicted molar refractivity (Wildman–Crippen MR) is 109 cm³/mol. The molecule has 1 aliphatic heterocycles. The number of carbonyl (C=O) groups is 3. The van der Waals surface area contributed by atoms with Crippen molar-refractivity contribution in [2.45, 2.75) is 13.3 Å². The number of hydrogen-bond acceptors (Lipinski definition) is 6. The van der Waals surface area contributed by atoms with E-state index in [9.17, 15) is 14.4 Å². The van der Waals surface area contributed by atoms with Crippen molar-refractivity contribution in [2.75, 3.05) is 32.7 Å². The van der Waals surface area contributed by atoms with Crippen LogP contribution in [-0.4, -0.2) is 65.2 Å². The van der Waals surface area contributed by atoms with Crippen molar-refractivity contribution in [3.05, 3.63) is 27.0 Å². The summed E-state index contributed by atoms with van der Waals surface area (Å²) in [5.74, 6) is -0.255. The zero-order valence-corrected chi connectivity index (χ0v) is 18.0. The highest BCUT2D eigenvalue weighted by Crippen LogP contribution is 2.31. The summed E-state index contributed by atoms with van der Waals surface area (Å²) in [5.41, 5.74) is 0.363. The van der Waals surface area contributed by atoms with E-state index in [1.165, 1.54) is 18.3 Å². The Hall–Kier alpha value is -1.78. The molecular weight excluding hydrogens is 452 g/mol. The molecule has 1 saturated heterocycles. The standard InChI is InChI=1S/C17H19BrN4O3S2/c1-11(23)21-4-6-22(7-5-21)15(24)2-3-19-16(25)13-10-27-17(20-13)14-8-12(18)9-26-14/h8-10H,2-7H2,1H3,(H,19,25). The van der Waals surface area contributed by atoms with Crippen LogP contribution in [-0.2, 0) is 9.59 Å². The first-order valence-corrected chi connectivity index (χ1v) is 11.0. The van der Waals surface area contributed by atoms with Crippen LogP contribution in [0.2, 0.25) is 0 Å². The van der Waals surface area contributed by atoms with E-state index in [-0.39, 0.29) is 30.7 Å². The average Bonchev–Trinajstić information content (AvgIpc) is 3.30. The number of piperazine rings is 1. The van der Waals surface area contributed by atoms with Gasteiger partial charge in [0.25, 0.3) is 5.91 Å². The summed E-state index contributed by atoms with van der Waals surface area (Å²) in [5, 5.41) is 7.25. The highest BCUT2D eigenvalue weighted by molar-refractivity contribution is 9.10. The number of rotatable bonds is 5. The summed E-state index contributed by atoms with van der Waals surface area (Å²) in [6, 6.07) is 1.97. The maximum Gasteiger partial charge on any atom is 0.270 e. The molecule has 2 aromatic rings. The molecule has 0 atom stereocenters. The van der Waals surface area contributed by atoms with Crippen LogP contribution in [0.3, 0.4) is 0 Å². The van der Waals surface area contributed by atoms with Crippen molar-refractivity contribution in [1.29, 1.82) is 0 Å². The summed E-state index contributed by atoms with van der Waals surface area (Å²) < 4.78 is 0.992. The minimum Gasteiger partial charge on any atom is -0.350 e. The first kappa shape index (κ1) is 20.0. The van der Waals surface area contributed by atoms with Crippen molar-refractivity contribution >= 4 is 56.3 Å². The van der Waals surface area contributed by atoms with E-state index in [1.807, 2.05) is 11.4 Å². The minimum absolute atomic E-state index is 0.0131. The van der Waals surface area contributed by atoms with Gasteiger partial charge in [-0.2, -0.15) is 0 Å². The molecule has 0 radical (unpaired) electrons. The molecule has 0 aromatic carbocycles. The molecule has 10 heteroatoms. The lowest BCUT2D eigenvalue weighted by atomic mass is 10.2. The van der Waals surface area contributed by atoms with Crippen molar-refractivity contribution in [3.63, 3.8) is 0 Å². The van der Waals surface area contributed by atoms with Crippen LogP contribution < -0.4 is 5.32 Å². The van der Waals surface area contributed by atoms with Crippen LogP contribution in [0.4, 0.5) is 0 Å². The van der Waals surface area contributed by atoms with Crippen LogP contribution in [0, 0.1) is 0 Å². The Labute approximate surface area is 173 Å². The molecule has 27 heavy (non-hydrogen) atoms. The number of nitrogens with zero attached hydrogens (tertiary/aromatic N) is 3. The number of thiazole rings is 1. The van der Waals surface area contributed by atoms with E-state index in [0.717, 1.165) is 14.4 Å². The van der Waals surface area contributed by atoms with Gasteiger partial charge in [-0.25, -0.2) is 4.98 Å². The summed E-state index contributed by atoms with van der Waals surface area (Å²) in [6.45, 7) is 4.01. The second-order valence-corrected chi connectivity index (χ2v) is 8.74. The molecule has 0 saturated carbocycles. The maximum atomic E-state index is 12.2. The van der Waals surface area contributed by atoms with E-state index in [4.69, 9.17) is 0 Å². The lowest BCUT2D eigenvalue weighted by Gasteiger charge is -2.34. The molecule has 7 nitrogen and oxygen atoms in total. The number of halogens is 1. The Morgan fingerprint density at radius 1 is 1.15 bits per heavy atom. The van der Waals surface area contributed by atoms with Gasteiger partial charge in [-0.15, -0.1) is 22.7 Å². The summed E-state index contributed by atoms with van der Waals surface area (Å²) in [6.07, 6.45) is 0.237. The summed E-state index contributed by atoms with van der Waals surface area (Å²) in [7, 11) is 0. The lowest BCUT2D eigenvalue weighted by molar-refractivity contribution is -0.138. The molecule has 3 amide bonds. The molecular formula is C17H19BrN4O3S2. The molecule has 2 aromatic heterocycles. The predicted octanol–water partition coefficient (Wildman–Crippen LogP) is 2.44. The Balaban J connectivity index is 1.44. The van der Waals surface area contributed by atoms with E-state index in [0.29, 0.717) is 31.9 Å². The van der Waals surface area contributed by atoms with Gasteiger partial charge >= 0.3 is 0 Å². The van der Waals surface area contributed by atoms with Gasteiger partial charge in [0, 0.05) is 61.3 Å². The molecule has 0 unspecified atom stereocenters. The SMILES string of the molecule is CC(=O)N1CCN(C(=O)CCNC(=O)c2csc(-c3cc(Br)cs3)n2)CC1.